The lowest BCUT2D eigenvalue weighted by atomic mass is 10.2. The van der Waals surface area contributed by atoms with Gasteiger partial charge in [0.05, 0.1) is 6.61 Å². The number of primary sulfonamides is 1. The van der Waals surface area contributed by atoms with Crippen LogP contribution in [-0.4, -0.2) is 29.8 Å². The average Bonchev–Trinajstić information content (AvgIpc) is 2.72. The van der Waals surface area contributed by atoms with E-state index in [9.17, 15) is 8.42 Å². The van der Waals surface area contributed by atoms with Crippen LogP contribution in [0.5, 0.6) is 5.75 Å². The van der Waals surface area contributed by atoms with Gasteiger partial charge in [-0.05, 0) is 31.2 Å². The van der Waals surface area contributed by atoms with Crippen LogP contribution < -0.4 is 9.88 Å². The standard InChI is InChI=1S/C11H14N4O3S/c1-3-18-9-6-4-8(5-7-9)10-13-14-11(15(10)2)19(12,16)17/h4-7H,3H2,1-2H3,(H2,12,16,17). The van der Waals surface area contributed by atoms with Crippen LogP contribution in [-0.2, 0) is 17.1 Å². The number of ether oxygens (including phenoxy) is 1. The van der Waals surface area contributed by atoms with Crippen molar-refractivity contribution in [3.63, 3.8) is 0 Å². The fourth-order valence-electron chi connectivity index (χ4n) is 1.68. The largest absolute Gasteiger partial charge is 0.494 e. The normalized spacial score (nSPS) is 11.5. The van der Waals surface area contributed by atoms with Crippen LogP contribution in [0.25, 0.3) is 11.4 Å². The summed E-state index contributed by atoms with van der Waals surface area (Å²) in [6.45, 7) is 2.48. The summed E-state index contributed by atoms with van der Waals surface area (Å²) in [5.41, 5.74) is 0.730. The molecule has 0 saturated heterocycles. The van der Waals surface area contributed by atoms with Gasteiger partial charge < -0.3 is 4.74 Å². The maximum Gasteiger partial charge on any atom is 0.273 e. The first-order valence-corrected chi connectivity index (χ1v) is 7.13. The van der Waals surface area contributed by atoms with Crippen molar-refractivity contribution < 1.29 is 13.2 Å². The summed E-state index contributed by atoms with van der Waals surface area (Å²) in [5.74, 6) is 1.16. The Morgan fingerprint density at radius 3 is 2.37 bits per heavy atom. The second kappa shape index (κ2) is 4.98. The second-order valence-electron chi connectivity index (χ2n) is 3.87. The first-order chi connectivity index (χ1) is 8.93. The zero-order chi connectivity index (χ0) is 14.0. The van der Waals surface area contributed by atoms with E-state index in [1.807, 2.05) is 6.92 Å². The molecule has 0 spiro atoms. The summed E-state index contributed by atoms with van der Waals surface area (Å²) in [7, 11) is -2.33. The van der Waals surface area contributed by atoms with Crippen molar-refractivity contribution >= 4 is 10.0 Å². The maximum atomic E-state index is 11.3. The number of nitrogens with two attached hydrogens (primary N) is 1. The molecule has 7 nitrogen and oxygen atoms in total. The lowest BCUT2D eigenvalue weighted by Crippen LogP contribution is -2.17. The number of aromatic nitrogens is 3. The van der Waals surface area contributed by atoms with Crippen LogP contribution in [0.15, 0.2) is 29.4 Å². The fourth-order valence-corrected chi connectivity index (χ4v) is 2.30. The molecule has 1 aromatic heterocycles. The van der Waals surface area contributed by atoms with Crippen molar-refractivity contribution in [2.75, 3.05) is 6.61 Å². The third-order valence-corrected chi connectivity index (χ3v) is 3.38. The van der Waals surface area contributed by atoms with Gasteiger partial charge in [0.25, 0.3) is 15.2 Å². The number of nitrogens with zero attached hydrogens (tertiary/aromatic N) is 3. The van der Waals surface area contributed by atoms with E-state index in [0.717, 1.165) is 11.3 Å². The molecular formula is C11H14N4O3S. The molecule has 0 fully saturated rings. The molecule has 0 aliphatic heterocycles. The van der Waals surface area contributed by atoms with Gasteiger partial charge in [0.2, 0.25) is 0 Å². The number of sulfonamides is 1. The van der Waals surface area contributed by atoms with E-state index in [1.165, 1.54) is 4.57 Å². The van der Waals surface area contributed by atoms with E-state index in [2.05, 4.69) is 10.2 Å². The molecule has 0 radical (unpaired) electrons. The van der Waals surface area contributed by atoms with Gasteiger partial charge in [-0.3, -0.25) is 4.57 Å². The summed E-state index contributed by atoms with van der Waals surface area (Å²) in [6, 6.07) is 7.12. The quantitative estimate of drug-likeness (QED) is 0.881. The Morgan fingerprint density at radius 2 is 1.89 bits per heavy atom. The predicted octanol–water partition coefficient (Wildman–Crippen LogP) is 0.528. The Labute approximate surface area is 111 Å². The maximum absolute atomic E-state index is 11.3. The summed E-state index contributed by atoms with van der Waals surface area (Å²) >= 11 is 0. The highest BCUT2D eigenvalue weighted by molar-refractivity contribution is 7.89. The van der Waals surface area contributed by atoms with Gasteiger partial charge in [-0.25, -0.2) is 13.6 Å². The molecule has 19 heavy (non-hydrogen) atoms. The first-order valence-electron chi connectivity index (χ1n) is 5.59. The Balaban J connectivity index is 2.40. The van der Waals surface area contributed by atoms with Crippen molar-refractivity contribution in [3.05, 3.63) is 24.3 Å². The van der Waals surface area contributed by atoms with Crippen LogP contribution in [0.1, 0.15) is 6.92 Å². The van der Waals surface area contributed by atoms with E-state index < -0.39 is 10.0 Å². The van der Waals surface area contributed by atoms with Gasteiger partial charge in [0.1, 0.15) is 5.75 Å². The van der Waals surface area contributed by atoms with E-state index in [-0.39, 0.29) is 5.16 Å². The van der Waals surface area contributed by atoms with Gasteiger partial charge in [-0.2, -0.15) is 0 Å². The van der Waals surface area contributed by atoms with Gasteiger partial charge in [0, 0.05) is 12.6 Å². The Kier molecular flexibility index (Phi) is 3.54. The van der Waals surface area contributed by atoms with Crippen molar-refractivity contribution in [1.82, 2.24) is 14.8 Å². The lowest BCUT2D eigenvalue weighted by molar-refractivity contribution is 0.340. The van der Waals surface area contributed by atoms with E-state index >= 15 is 0 Å². The van der Waals surface area contributed by atoms with Gasteiger partial charge >= 0.3 is 0 Å². The summed E-state index contributed by atoms with van der Waals surface area (Å²) in [5, 5.41) is 12.2. The van der Waals surface area contributed by atoms with E-state index in [4.69, 9.17) is 9.88 Å². The molecule has 0 aliphatic carbocycles. The fraction of sp³-hybridized carbons (Fsp3) is 0.273. The van der Waals surface area contributed by atoms with Crippen molar-refractivity contribution in [3.8, 4) is 17.1 Å². The molecule has 8 heteroatoms. The zero-order valence-electron chi connectivity index (χ0n) is 10.6. The highest BCUT2D eigenvalue weighted by Crippen LogP contribution is 2.21. The number of benzene rings is 1. The molecule has 0 saturated carbocycles. The lowest BCUT2D eigenvalue weighted by Gasteiger charge is -2.05. The van der Waals surface area contributed by atoms with Gasteiger partial charge in [0.15, 0.2) is 5.82 Å². The third-order valence-electron chi connectivity index (χ3n) is 2.51. The Hall–Kier alpha value is -1.93. The molecule has 1 aromatic carbocycles. The molecule has 0 atom stereocenters. The Morgan fingerprint density at radius 1 is 1.26 bits per heavy atom. The van der Waals surface area contributed by atoms with Crippen LogP contribution in [0.3, 0.4) is 0 Å². The summed E-state index contributed by atoms with van der Waals surface area (Å²) in [4.78, 5) is 0. The third kappa shape index (κ3) is 2.74. The molecule has 0 amide bonds. The Bertz CT molecular complexity index is 676. The van der Waals surface area contributed by atoms with Crippen LogP contribution in [0.4, 0.5) is 0 Å². The topological polar surface area (TPSA) is 100 Å². The minimum Gasteiger partial charge on any atom is -0.494 e. The van der Waals surface area contributed by atoms with Crippen molar-refractivity contribution in [1.29, 1.82) is 0 Å². The monoisotopic (exact) mass is 282 g/mol. The zero-order valence-corrected chi connectivity index (χ0v) is 11.4. The minimum atomic E-state index is -3.87. The first kappa shape index (κ1) is 13.5. The van der Waals surface area contributed by atoms with E-state index in [1.54, 1.807) is 31.3 Å². The number of hydrogen-bond donors (Lipinski definition) is 1. The number of rotatable bonds is 4. The predicted molar refractivity (Wildman–Crippen MR) is 69.0 cm³/mol. The molecule has 0 unspecified atom stereocenters. The van der Waals surface area contributed by atoms with E-state index in [0.29, 0.717) is 12.4 Å². The highest BCUT2D eigenvalue weighted by atomic mass is 32.2. The molecule has 2 N–H and O–H groups in total. The van der Waals surface area contributed by atoms with Crippen molar-refractivity contribution in [2.24, 2.45) is 12.2 Å². The minimum absolute atomic E-state index is 0.267. The molecule has 2 aromatic rings. The summed E-state index contributed by atoms with van der Waals surface area (Å²) in [6.07, 6.45) is 0. The van der Waals surface area contributed by atoms with Crippen molar-refractivity contribution in [2.45, 2.75) is 12.1 Å². The van der Waals surface area contributed by atoms with Crippen LogP contribution in [0, 0.1) is 0 Å². The highest BCUT2D eigenvalue weighted by Gasteiger charge is 2.19. The molecular weight excluding hydrogens is 268 g/mol. The summed E-state index contributed by atoms with van der Waals surface area (Å²) < 4.78 is 29.2. The average molecular weight is 282 g/mol. The molecule has 0 bridgehead atoms. The molecule has 1 heterocycles. The van der Waals surface area contributed by atoms with Gasteiger partial charge in [-0.1, -0.05) is 0 Å². The van der Waals surface area contributed by atoms with Gasteiger partial charge in [-0.15, -0.1) is 10.2 Å². The SMILES string of the molecule is CCOc1ccc(-c2nnc(S(N)(=O)=O)n2C)cc1. The molecule has 0 aliphatic rings. The smallest absolute Gasteiger partial charge is 0.273 e. The van der Waals surface area contributed by atoms with Crippen LogP contribution >= 0.6 is 0 Å². The van der Waals surface area contributed by atoms with Crippen LogP contribution in [0.2, 0.25) is 0 Å². The molecule has 2 rings (SSSR count). The number of hydrogen-bond acceptors (Lipinski definition) is 5. The second-order valence-corrected chi connectivity index (χ2v) is 5.32. The molecule has 102 valence electrons.